The second-order valence-electron chi connectivity index (χ2n) is 4.91. The molecule has 3 nitrogen and oxygen atoms in total. The Morgan fingerprint density at radius 3 is 2.67 bits per heavy atom. The maximum Gasteiger partial charge on any atom is 0.230 e. The Hall–Kier alpha value is -1.16. The molecule has 3 N–H and O–H groups in total. The highest BCUT2D eigenvalue weighted by Crippen LogP contribution is 2.24. The summed E-state index contributed by atoms with van der Waals surface area (Å²) in [6, 6.07) is 5.98. The van der Waals surface area contributed by atoms with Gasteiger partial charge in [0, 0.05) is 16.6 Å². The minimum absolute atomic E-state index is 0.0722. The molecule has 0 bridgehead atoms. The molecule has 100 valence electrons. The van der Waals surface area contributed by atoms with Gasteiger partial charge in [0.2, 0.25) is 5.91 Å². The van der Waals surface area contributed by atoms with E-state index in [1.54, 1.807) is 0 Å². The molecule has 0 aliphatic rings. The molecule has 1 rings (SSSR count). The molecule has 0 spiro atoms. The SMILES string of the molecule is Cc1ccc(N)cc1SCC(=O)NC(C)C(C)C. The van der Waals surface area contributed by atoms with Gasteiger partial charge in [0.1, 0.15) is 0 Å². The van der Waals surface area contributed by atoms with Gasteiger partial charge in [0.15, 0.2) is 0 Å². The monoisotopic (exact) mass is 266 g/mol. The van der Waals surface area contributed by atoms with Gasteiger partial charge in [0.25, 0.3) is 0 Å². The molecule has 1 amide bonds. The molecule has 0 aromatic heterocycles. The molecule has 4 heteroatoms. The average molecular weight is 266 g/mol. The van der Waals surface area contributed by atoms with Crippen LogP contribution in [0, 0.1) is 12.8 Å². The predicted octanol–water partition coefficient (Wildman–Crippen LogP) is 2.83. The standard InChI is InChI=1S/C14H22N2OS/c1-9(2)11(4)16-14(17)8-18-13-7-12(15)6-5-10(13)3/h5-7,9,11H,8,15H2,1-4H3,(H,16,17). The van der Waals surface area contributed by atoms with Crippen molar-refractivity contribution < 1.29 is 4.79 Å². The van der Waals surface area contributed by atoms with Crippen molar-refractivity contribution in [2.24, 2.45) is 5.92 Å². The largest absolute Gasteiger partial charge is 0.399 e. The van der Waals surface area contributed by atoms with E-state index in [1.165, 1.54) is 11.8 Å². The fourth-order valence-electron chi connectivity index (χ4n) is 1.38. The summed E-state index contributed by atoms with van der Waals surface area (Å²) in [7, 11) is 0. The van der Waals surface area contributed by atoms with Gasteiger partial charge in [-0.1, -0.05) is 19.9 Å². The highest BCUT2D eigenvalue weighted by molar-refractivity contribution is 8.00. The first-order valence-electron chi connectivity index (χ1n) is 6.18. The summed E-state index contributed by atoms with van der Waals surface area (Å²) in [6.07, 6.45) is 0. The zero-order chi connectivity index (χ0) is 13.7. The molecule has 0 aliphatic heterocycles. The van der Waals surface area contributed by atoms with Crippen LogP contribution >= 0.6 is 11.8 Å². The molecule has 0 fully saturated rings. The number of hydrogen-bond donors (Lipinski definition) is 2. The van der Waals surface area contributed by atoms with Crippen molar-refractivity contribution in [2.75, 3.05) is 11.5 Å². The van der Waals surface area contributed by atoms with Crippen molar-refractivity contribution in [2.45, 2.75) is 38.6 Å². The highest BCUT2D eigenvalue weighted by Gasteiger charge is 2.11. The molecule has 1 aromatic carbocycles. The first kappa shape index (κ1) is 14.9. The Labute approximate surface area is 114 Å². The topological polar surface area (TPSA) is 55.1 Å². The van der Waals surface area contributed by atoms with Crippen LogP contribution in [-0.4, -0.2) is 17.7 Å². The number of nitrogen functional groups attached to an aromatic ring is 1. The van der Waals surface area contributed by atoms with Crippen molar-refractivity contribution in [3.63, 3.8) is 0 Å². The minimum Gasteiger partial charge on any atom is -0.399 e. The van der Waals surface area contributed by atoms with Gasteiger partial charge in [-0.2, -0.15) is 0 Å². The Morgan fingerprint density at radius 2 is 2.06 bits per heavy atom. The third kappa shape index (κ3) is 4.61. The van der Waals surface area contributed by atoms with Crippen LogP contribution in [-0.2, 0) is 4.79 Å². The zero-order valence-corrected chi connectivity index (χ0v) is 12.3. The first-order chi connectivity index (χ1) is 8.40. The number of nitrogens with two attached hydrogens (primary N) is 1. The third-order valence-electron chi connectivity index (χ3n) is 2.96. The summed E-state index contributed by atoms with van der Waals surface area (Å²) >= 11 is 1.53. The maximum atomic E-state index is 11.8. The molecule has 18 heavy (non-hydrogen) atoms. The van der Waals surface area contributed by atoms with Gasteiger partial charge in [-0.15, -0.1) is 11.8 Å². The number of carbonyl (C=O) groups excluding carboxylic acids is 1. The normalized spacial score (nSPS) is 12.5. The number of hydrogen-bond acceptors (Lipinski definition) is 3. The lowest BCUT2D eigenvalue weighted by atomic mass is 10.1. The Bertz CT molecular complexity index is 418. The van der Waals surface area contributed by atoms with E-state index < -0.39 is 0 Å². The molecular weight excluding hydrogens is 244 g/mol. The lowest BCUT2D eigenvalue weighted by Crippen LogP contribution is -2.37. The lowest BCUT2D eigenvalue weighted by Gasteiger charge is -2.17. The summed E-state index contributed by atoms with van der Waals surface area (Å²) in [6.45, 7) is 8.25. The van der Waals surface area contributed by atoms with Crippen LogP contribution in [0.4, 0.5) is 5.69 Å². The third-order valence-corrected chi connectivity index (χ3v) is 4.12. The first-order valence-corrected chi connectivity index (χ1v) is 7.17. The average Bonchev–Trinajstić information content (AvgIpc) is 2.30. The fourth-order valence-corrected chi connectivity index (χ4v) is 2.26. The number of thioether (sulfide) groups is 1. The fraction of sp³-hybridized carbons (Fsp3) is 0.500. The lowest BCUT2D eigenvalue weighted by molar-refractivity contribution is -0.119. The summed E-state index contributed by atoms with van der Waals surface area (Å²) in [5, 5.41) is 2.99. The smallest absolute Gasteiger partial charge is 0.230 e. The molecule has 0 heterocycles. The van der Waals surface area contributed by atoms with Crippen molar-refractivity contribution >= 4 is 23.4 Å². The van der Waals surface area contributed by atoms with Crippen LogP contribution in [0.1, 0.15) is 26.3 Å². The summed E-state index contributed by atoms with van der Waals surface area (Å²) in [5.74, 6) is 0.956. The highest BCUT2D eigenvalue weighted by atomic mass is 32.2. The van der Waals surface area contributed by atoms with Crippen molar-refractivity contribution in [3.8, 4) is 0 Å². The molecule has 0 radical (unpaired) electrons. The zero-order valence-electron chi connectivity index (χ0n) is 11.5. The van der Waals surface area contributed by atoms with Crippen LogP contribution < -0.4 is 11.1 Å². The number of amides is 1. The molecule has 1 aromatic rings. The van der Waals surface area contributed by atoms with Gasteiger partial charge in [-0.25, -0.2) is 0 Å². The van der Waals surface area contributed by atoms with Gasteiger partial charge in [0.05, 0.1) is 5.75 Å². The van der Waals surface area contributed by atoms with Gasteiger partial charge in [-0.05, 0) is 37.5 Å². The van der Waals surface area contributed by atoms with E-state index in [4.69, 9.17) is 5.73 Å². The van der Waals surface area contributed by atoms with E-state index in [1.807, 2.05) is 32.0 Å². The Morgan fingerprint density at radius 1 is 1.39 bits per heavy atom. The van der Waals surface area contributed by atoms with Gasteiger partial charge >= 0.3 is 0 Å². The molecule has 0 aliphatic carbocycles. The minimum atomic E-state index is 0.0722. The maximum absolute atomic E-state index is 11.8. The van der Waals surface area contributed by atoms with E-state index in [0.29, 0.717) is 11.7 Å². The van der Waals surface area contributed by atoms with Crippen LogP contribution in [0.15, 0.2) is 23.1 Å². The molecule has 0 saturated carbocycles. The second kappa shape index (κ2) is 6.69. The van der Waals surface area contributed by atoms with Crippen molar-refractivity contribution in [3.05, 3.63) is 23.8 Å². The quantitative estimate of drug-likeness (QED) is 0.636. The van der Waals surface area contributed by atoms with Crippen molar-refractivity contribution in [1.29, 1.82) is 0 Å². The van der Waals surface area contributed by atoms with Crippen LogP contribution in [0.25, 0.3) is 0 Å². The van der Waals surface area contributed by atoms with Gasteiger partial charge in [-0.3, -0.25) is 4.79 Å². The van der Waals surface area contributed by atoms with E-state index in [0.717, 1.165) is 16.1 Å². The Balaban J connectivity index is 2.50. The van der Waals surface area contributed by atoms with E-state index in [2.05, 4.69) is 19.2 Å². The second-order valence-corrected chi connectivity index (χ2v) is 5.93. The van der Waals surface area contributed by atoms with Gasteiger partial charge < -0.3 is 11.1 Å². The van der Waals surface area contributed by atoms with E-state index >= 15 is 0 Å². The Kier molecular flexibility index (Phi) is 5.54. The number of carbonyl (C=O) groups is 1. The number of benzene rings is 1. The predicted molar refractivity (Wildman–Crippen MR) is 78.8 cm³/mol. The number of anilines is 1. The van der Waals surface area contributed by atoms with Crippen LogP contribution in [0.2, 0.25) is 0 Å². The summed E-state index contributed by atoms with van der Waals surface area (Å²) in [4.78, 5) is 12.8. The number of rotatable bonds is 5. The van der Waals surface area contributed by atoms with E-state index in [9.17, 15) is 4.79 Å². The number of aryl methyl sites for hydroxylation is 1. The molecule has 0 saturated heterocycles. The van der Waals surface area contributed by atoms with Crippen molar-refractivity contribution in [1.82, 2.24) is 5.32 Å². The molecular formula is C14H22N2OS. The number of nitrogens with one attached hydrogen (secondary N) is 1. The van der Waals surface area contributed by atoms with Crippen LogP contribution in [0.5, 0.6) is 0 Å². The summed E-state index contributed by atoms with van der Waals surface area (Å²) < 4.78 is 0. The molecule has 1 unspecified atom stereocenters. The molecule has 1 atom stereocenters. The van der Waals surface area contributed by atoms with Crippen LogP contribution in [0.3, 0.4) is 0 Å². The van der Waals surface area contributed by atoms with E-state index in [-0.39, 0.29) is 11.9 Å². The summed E-state index contributed by atoms with van der Waals surface area (Å²) in [5.41, 5.74) is 7.63.